The quantitative estimate of drug-likeness (QED) is 0.180. The Morgan fingerprint density at radius 3 is 2.30 bits per heavy atom. The zero-order valence-corrected chi connectivity index (χ0v) is 27.8. The summed E-state index contributed by atoms with van der Waals surface area (Å²) in [7, 11) is -4.23. The molecule has 0 aliphatic rings. The largest absolute Gasteiger partial charge is 0.598 e. The molecule has 11 heteroatoms. The maximum absolute atomic E-state index is 14.5. The average molecular weight is 651 g/mol. The Morgan fingerprint density at radius 1 is 0.977 bits per heavy atom. The van der Waals surface area contributed by atoms with E-state index in [4.69, 9.17) is 16.6 Å². The number of para-hydroxylation sites is 1. The van der Waals surface area contributed by atoms with Crippen molar-refractivity contribution in [1.29, 1.82) is 0 Å². The average Bonchev–Trinajstić information content (AvgIpc) is 3.36. The number of benzene rings is 3. The van der Waals surface area contributed by atoms with Crippen LogP contribution in [0.15, 0.2) is 90.0 Å². The summed E-state index contributed by atoms with van der Waals surface area (Å²) >= 11 is 5.06. The highest BCUT2D eigenvalue weighted by Gasteiger charge is 2.37. The molecule has 0 fully saturated rings. The molecule has 0 unspecified atom stereocenters. The highest BCUT2D eigenvalue weighted by atomic mass is 35.5. The second-order valence-corrected chi connectivity index (χ2v) is 16.4. The topological polar surface area (TPSA) is 120 Å². The molecule has 0 spiro atoms. The van der Waals surface area contributed by atoms with Gasteiger partial charge in [-0.05, 0) is 89.1 Å². The van der Waals surface area contributed by atoms with Crippen molar-refractivity contribution >= 4 is 44.0 Å². The van der Waals surface area contributed by atoms with Gasteiger partial charge in [-0.15, -0.1) is 4.72 Å². The zero-order chi connectivity index (χ0) is 32.0. The molecule has 0 aliphatic carbocycles. The Labute approximate surface area is 266 Å². The molecule has 0 amide bonds. The summed E-state index contributed by atoms with van der Waals surface area (Å²) in [5.41, 5.74) is 2.72. The number of imidazole rings is 1. The van der Waals surface area contributed by atoms with Crippen molar-refractivity contribution < 1.29 is 18.1 Å². The molecule has 2 N–H and O–H groups in total. The van der Waals surface area contributed by atoms with E-state index in [9.17, 15) is 18.1 Å². The molecular formula is C33H35ClN4O4S2. The molecular weight excluding hydrogens is 616 g/mol. The van der Waals surface area contributed by atoms with Crippen LogP contribution < -0.4 is 4.72 Å². The second kappa shape index (κ2) is 11.9. The van der Waals surface area contributed by atoms with E-state index in [1.54, 1.807) is 92.8 Å². The van der Waals surface area contributed by atoms with Crippen LogP contribution in [0.25, 0.3) is 22.3 Å². The Morgan fingerprint density at radius 2 is 1.66 bits per heavy atom. The first kappa shape index (κ1) is 32.2. The Kier molecular flexibility index (Phi) is 8.71. The Hall–Kier alpha value is -3.25. The smallest absolute Gasteiger partial charge is 0.269 e. The van der Waals surface area contributed by atoms with Gasteiger partial charge in [-0.3, -0.25) is 4.98 Å². The summed E-state index contributed by atoms with van der Waals surface area (Å²) in [5, 5.41) is 11.0. The first-order chi connectivity index (χ1) is 20.6. The first-order valence-corrected chi connectivity index (χ1v) is 17.0. The fourth-order valence-corrected chi connectivity index (χ4v) is 7.29. The fourth-order valence-electron chi connectivity index (χ4n) is 4.76. The highest BCUT2D eigenvalue weighted by molar-refractivity contribution is 7.91. The van der Waals surface area contributed by atoms with Crippen molar-refractivity contribution in [3.05, 3.63) is 113 Å². The lowest BCUT2D eigenvalue weighted by Crippen LogP contribution is -2.42. The van der Waals surface area contributed by atoms with E-state index in [1.165, 1.54) is 3.97 Å². The third kappa shape index (κ3) is 6.28. The zero-order valence-electron chi connectivity index (χ0n) is 25.4. The number of hydrogen-bond acceptors (Lipinski definition) is 7. The number of aromatic nitrogens is 3. The van der Waals surface area contributed by atoms with Crippen LogP contribution in [0.4, 0.5) is 0 Å². The van der Waals surface area contributed by atoms with Crippen LogP contribution in [0.2, 0.25) is 5.02 Å². The normalized spacial score (nSPS) is 14.1. The van der Waals surface area contributed by atoms with Crippen molar-refractivity contribution in [2.24, 2.45) is 0 Å². The predicted molar refractivity (Wildman–Crippen MR) is 176 cm³/mol. The number of fused-ring (bicyclic) bond motifs is 1. The molecule has 3 aromatic carbocycles. The number of hydrogen-bond donors (Lipinski definition) is 2. The lowest BCUT2D eigenvalue weighted by molar-refractivity contribution is 0.0785. The summed E-state index contributed by atoms with van der Waals surface area (Å²) in [6, 6.07) is 21.4. The van der Waals surface area contributed by atoms with Gasteiger partial charge in [0.25, 0.3) is 10.0 Å². The summed E-state index contributed by atoms with van der Waals surface area (Å²) in [6.45, 7) is 10.7. The van der Waals surface area contributed by atoms with Gasteiger partial charge in [0.05, 0.1) is 27.2 Å². The maximum atomic E-state index is 14.5. The molecule has 8 nitrogen and oxygen atoms in total. The van der Waals surface area contributed by atoms with Gasteiger partial charge in [0.15, 0.2) is 5.82 Å². The number of nitrogens with one attached hydrogen (secondary N) is 1. The second-order valence-electron chi connectivity index (χ2n) is 12.2. The summed E-state index contributed by atoms with van der Waals surface area (Å²) < 4.78 is 46.3. The molecule has 44 heavy (non-hydrogen) atoms. The number of aliphatic hydroxyl groups is 1. The predicted octanol–water partition coefficient (Wildman–Crippen LogP) is 6.67. The van der Waals surface area contributed by atoms with Crippen LogP contribution in [0, 0.1) is 6.92 Å². The van der Waals surface area contributed by atoms with Gasteiger partial charge in [0.2, 0.25) is 0 Å². The molecule has 2 heterocycles. The molecule has 2 atom stereocenters. The Bertz CT molecular complexity index is 1930. The minimum atomic E-state index is -4.23. The number of nitrogens with zero attached hydrogens (tertiary/aromatic N) is 3. The van der Waals surface area contributed by atoms with E-state index in [0.29, 0.717) is 38.4 Å². The van der Waals surface area contributed by atoms with Crippen molar-refractivity contribution in [1.82, 2.24) is 18.7 Å². The third-order valence-electron chi connectivity index (χ3n) is 7.22. The third-order valence-corrected chi connectivity index (χ3v) is 10.9. The van der Waals surface area contributed by atoms with E-state index < -0.39 is 37.8 Å². The highest BCUT2D eigenvalue weighted by Crippen LogP contribution is 2.37. The molecule has 5 aromatic rings. The van der Waals surface area contributed by atoms with Crippen LogP contribution >= 0.6 is 11.6 Å². The van der Waals surface area contributed by atoms with Crippen molar-refractivity contribution in [2.45, 2.75) is 62.8 Å². The maximum Gasteiger partial charge on any atom is 0.269 e. The van der Waals surface area contributed by atoms with Gasteiger partial charge < -0.3 is 9.66 Å². The minimum absolute atomic E-state index is 0.0751. The molecule has 0 bridgehead atoms. The molecule has 0 saturated heterocycles. The molecule has 0 saturated carbocycles. The van der Waals surface area contributed by atoms with E-state index in [-0.39, 0.29) is 10.7 Å². The molecule has 230 valence electrons. The van der Waals surface area contributed by atoms with Gasteiger partial charge in [-0.1, -0.05) is 59.6 Å². The van der Waals surface area contributed by atoms with Crippen molar-refractivity contribution in [3.63, 3.8) is 0 Å². The molecule has 2 aromatic heterocycles. The van der Waals surface area contributed by atoms with Gasteiger partial charge in [-0.25, -0.2) is 17.4 Å². The molecule has 0 radical (unpaired) electrons. The van der Waals surface area contributed by atoms with Crippen LogP contribution in [0.3, 0.4) is 0 Å². The SMILES string of the molecule is Cc1ccc(S(=O)(=O)n2c([C@H](N[S@@+]([O-])C(C)(C)C)c3ccccc3Cl)nc3c(-c4cc(C(C)(C)O)ccn4)cccc32)cc1. The van der Waals surface area contributed by atoms with Gasteiger partial charge in [-0.2, -0.15) is 0 Å². The molecule has 5 rings (SSSR count). The first-order valence-electron chi connectivity index (χ1n) is 14.0. The molecule has 0 aliphatic heterocycles. The van der Waals surface area contributed by atoms with E-state index in [1.807, 2.05) is 33.8 Å². The number of halogens is 1. The van der Waals surface area contributed by atoms with E-state index >= 15 is 0 Å². The Balaban J connectivity index is 1.86. The van der Waals surface area contributed by atoms with Crippen LogP contribution in [0.1, 0.15) is 63.2 Å². The monoisotopic (exact) mass is 650 g/mol. The van der Waals surface area contributed by atoms with Crippen LogP contribution in [-0.4, -0.2) is 36.8 Å². The lowest BCUT2D eigenvalue weighted by Gasteiger charge is -2.28. The lowest BCUT2D eigenvalue weighted by atomic mass is 9.97. The summed E-state index contributed by atoms with van der Waals surface area (Å²) in [4.78, 5) is 9.59. The van der Waals surface area contributed by atoms with E-state index in [2.05, 4.69) is 9.71 Å². The number of aryl methyl sites for hydroxylation is 1. The fraction of sp³-hybridized carbons (Fsp3) is 0.273. The summed E-state index contributed by atoms with van der Waals surface area (Å²) in [5.74, 6) is 0.0948. The van der Waals surface area contributed by atoms with E-state index in [0.717, 1.165) is 5.56 Å². The standard InChI is InChI=1S/C33H35ClN4O4S2/c1-21-14-16-23(17-15-21)44(41,42)38-28-13-9-11-25(27-20-22(18-19-35-27)33(5,6)39)29(28)36-31(38)30(37-43(40)32(2,3)4)24-10-7-8-12-26(24)34/h7-20,30,37,39H,1-6H3/t30-,43+/m1/s1. The number of pyridine rings is 1. The van der Waals surface area contributed by atoms with Gasteiger partial charge >= 0.3 is 0 Å². The summed E-state index contributed by atoms with van der Waals surface area (Å²) in [6.07, 6.45) is 1.60. The van der Waals surface area contributed by atoms with Crippen molar-refractivity contribution in [2.75, 3.05) is 0 Å². The van der Waals surface area contributed by atoms with Crippen LogP contribution in [-0.2, 0) is 27.0 Å². The number of rotatable bonds is 8. The minimum Gasteiger partial charge on any atom is -0.598 e. The van der Waals surface area contributed by atoms with Crippen LogP contribution in [0.5, 0.6) is 0 Å². The van der Waals surface area contributed by atoms with Gasteiger partial charge in [0.1, 0.15) is 10.8 Å². The van der Waals surface area contributed by atoms with Crippen molar-refractivity contribution in [3.8, 4) is 11.3 Å². The van der Waals surface area contributed by atoms with Gasteiger partial charge in [0, 0.05) is 28.1 Å².